The zero-order valence-electron chi connectivity index (χ0n) is 13.1. The number of halogens is 1. The first kappa shape index (κ1) is 15.8. The molecule has 8 nitrogen and oxygen atoms in total. The quantitative estimate of drug-likeness (QED) is 0.739. The summed E-state index contributed by atoms with van der Waals surface area (Å²) < 4.78 is 10.5. The molecule has 0 spiro atoms. The molecule has 1 aromatic carbocycles. The third-order valence-corrected chi connectivity index (χ3v) is 4.22. The standard InChI is InChI=1S/C16H14ClN5O3/c17-11-4-2-1-3-9(11)15-19-13(25-22-15)7-18-16(23)14-10-8-24-6-5-12(10)20-21-14/h1-4H,5-8H2,(H,18,23)(H,20,21). The Morgan fingerprint density at radius 1 is 1.36 bits per heavy atom. The van der Waals surface area contributed by atoms with Gasteiger partial charge in [0, 0.05) is 23.2 Å². The Labute approximate surface area is 147 Å². The van der Waals surface area contributed by atoms with Crippen LogP contribution in [0.15, 0.2) is 28.8 Å². The fourth-order valence-corrected chi connectivity index (χ4v) is 2.84. The number of hydrogen-bond acceptors (Lipinski definition) is 6. The number of nitrogens with one attached hydrogen (secondary N) is 2. The maximum Gasteiger partial charge on any atom is 0.272 e. The van der Waals surface area contributed by atoms with E-state index < -0.39 is 0 Å². The maximum atomic E-state index is 12.3. The van der Waals surface area contributed by atoms with E-state index in [2.05, 4.69) is 25.7 Å². The highest BCUT2D eigenvalue weighted by Gasteiger charge is 2.22. The van der Waals surface area contributed by atoms with Gasteiger partial charge in [-0.15, -0.1) is 0 Å². The van der Waals surface area contributed by atoms with Gasteiger partial charge < -0.3 is 14.6 Å². The van der Waals surface area contributed by atoms with E-state index in [0.29, 0.717) is 35.3 Å². The topological polar surface area (TPSA) is 106 Å². The number of fused-ring (bicyclic) bond motifs is 1. The smallest absolute Gasteiger partial charge is 0.272 e. The number of hydrogen-bond donors (Lipinski definition) is 2. The number of H-pyrrole nitrogens is 1. The molecule has 2 N–H and O–H groups in total. The highest BCUT2D eigenvalue weighted by molar-refractivity contribution is 6.33. The van der Waals surface area contributed by atoms with Gasteiger partial charge in [0.2, 0.25) is 11.7 Å². The lowest BCUT2D eigenvalue weighted by Crippen LogP contribution is -2.25. The normalized spacial score (nSPS) is 13.5. The summed E-state index contributed by atoms with van der Waals surface area (Å²) >= 11 is 6.12. The van der Waals surface area contributed by atoms with E-state index in [9.17, 15) is 4.79 Å². The maximum absolute atomic E-state index is 12.3. The molecule has 3 heterocycles. The lowest BCUT2D eigenvalue weighted by Gasteiger charge is -2.11. The van der Waals surface area contributed by atoms with Gasteiger partial charge >= 0.3 is 0 Å². The van der Waals surface area contributed by atoms with Gasteiger partial charge in [-0.2, -0.15) is 10.1 Å². The number of benzene rings is 1. The molecule has 0 saturated carbocycles. The molecule has 0 bridgehead atoms. The van der Waals surface area contributed by atoms with Crippen molar-refractivity contribution in [2.75, 3.05) is 6.61 Å². The zero-order chi connectivity index (χ0) is 17.2. The Bertz CT molecular complexity index is 920. The Morgan fingerprint density at radius 2 is 2.24 bits per heavy atom. The number of ether oxygens (including phenoxy) is 1. The van der Waals surface area contributed by atoms with Gasteiger partial charge in [0.1, 0.15) is 0 Å². The molecular formula is C16H14ClN5O3. The van der Waals surface area contributed by atoms with Crippen LogP contribution >= 0.6 is 11.6 Å². The van der Waals surface area contributed by atoms with E-state index in [0.717, 1.165) is 17.7 Å². The van der Waals surface area contributed by atoms with E-state index in [4.69, 9.17) is 20.9 Å². The van der Waals surface area contributed by atoms with Gasteiger partial charge in [-0.1, -0.05) is 28.9 Å². The third kappa shape index (κ3) is 3.13. The first-order chi connectivity index (χ1) is 12.2. The van der Waals surface area contributed by atoms with Gasteiger partial charge in [-0.05, 0) is 12.1 Å². The van der Waals surface area contributed by atoms with Crippen LogP contribution in [0.25, 0.3) is 11.4 Å². The van der Waals surface area contributed by atoms with E-state index >= 15 is 0 Å². The fourth-order valence-electron chi connectivity index (χ4n) is 2.62. The molecule has 0 saturated heterocycles. The molecule has 3 aromatic rings. The number of carbonyl (C=O) groups is 1. The van der Waals surface area contributed by atoms with Crippen molar-refractivity contribution in [2.45, 2.75) is 19.6 Å². The van der Waals surface area contributed by atoms with Gasteiger partial charge in [0.15, 0.2) is 5.69 Å². The average Bonchev–Trinajstić information content (AvgIpc) is 3.27. The highest BCUT2D eigenvalue weighted by Crippen LogP contribution is 2.24. The van der Waals surface area contributed by atoms with Crippen LogP contribution in [0.2, 0.25) is 5.02 Å². The van der Waals surface area contributed by atoms with E-state index in [1.807, 2.05) is 12.1 Å². The van der Waals surface area contributed by atoms with Crippen molar-refractivity contribution in [3.8, 4) is 11.4 Å². The summed E-state index contributed by atoms with van der Waals surface area (Å²) in [7, 11) is 0. The Morgan fingerprint density at radius 3 is 3.12 bits per heavy atom. The van der Waals surface area contributed by atoms with E-state index in [-0.39, 0.29) is 18.3 Å². The molecule has 9 heteroatoms. The van der Waals surface area contributed by atoms with Crippen LogP contribution in [0.3, 0.4) is 0 Å². The van der Waals surface area contributed by atoms with Crippen LogP contribution in [-0.4, -0.2) is 32.9 Å². The molecular weight excluding hydrogens is 346 g/mol. The van der Waals surface area contributed by atoms with Crippen molar-refractivity contribution in [2.24, 2.45) is 0 Å². The average molecular weight is 360 g/mol. The minimum atomic E-state index is -0.319. The summed E-state index contributed by atoms with van der Waals surface area (Å²) in [6, 6.07) is 7.20. The summed E-state index contributed by atoms with van der Waals surface area (Å²) in [5.41, 5.74) is 2.74. The first-order valence-corrected chi connectivity index (χ1v) is 8.09. The predicted molar refractivity (Wildman–Crippen MR) is 87.9 cm³/mol. The fraction of sp³-hybridized carbons (Fsp3) is 0.250. The van der Waals surface area contributed by atoms with Crippen molar-refractivity contribution in [1.29, 1.82) is 0 Å². The molecule has 2 aromatic heterocycles. The van der Waals surface area contributed by atoms with Gasteiger partial charge in [-0.25, -0.2) is 0 Å². The van der Waals surface area contributed by atoms with Crippen molar-refractivity contribution >= 4 is 17.5 Å². The van der Waals surface area contributed by atoms with Gasteiger partial charge in [0.25, 0.3) is 5.91 Å². The second kappa shape index (κ2) is 6.66. The molecule has 0 atom stereocenters. The minimum absolute atomic E-state index is 0.0960. The number of amides is 1. The Hall–Kier alpha value is -2.71. The number of carbonyl (C=O) groups excluding carboxylic acids is 1. The summed E-state index contributed by atoms with van der Waals surface area (Å²) in [6.45, 7) is 1.10. The SMILES string of the molecule is O=C(NCc1nc(-c2ccccc2Cl)no1)c1n[nH]c2c1COCC2. The zero-order valence-corrected chi connectivity index (χ0v) is 13.8. The largest absolute Gasteiger partial charge is 0.376 e. The second-order valence-electron chi connectivity index (χ2n) is 5.51. The van der Waals surface area contributed by atoms with E-state index in [1.165, 1.54) is 0 Å². The lowest BCUT2D eigenvalue weighted by atomic mass is 10.1. The monoisotopic (exact) mass is 359 g/mol. The minimum Gasteiger partial charge on any atom is -0.376 e. The van der Waals surface area contributed by atoms with Crippen molar-refractivity contribution in [3.63, 3.8) is 0 Å². The Balaban J connectivity index is 1.45. The number of aromatic amines is 1. The van der Waals surface area contributed by atoms with Gasteiger partial charge in [-0.3, -0.25) is 9.89 Å². The molecule has 0 fully saturated rings. The molecule has 1 aliphatic heterocycles. The molecule has 0 radical (unpaired) electrons. The number of nitrogens with zero attached hydrogens (tertiary/aromatic N) is 3. The van der Waals surface area contributed by atoms with Crippen LogP contribution in [0.4, 0.5) is 0 Å². The molecule has 0 aliphatic carbocycles. The molecule has 0 unspecified atom stereocenters. The van der Waals surface area contributed by atoms with Crippen molar-refractivity contribution in [1.82, 2.24) is 25.7 Å². The van der Waals surface area contributed by atoms with Crippen LogP contribution < -0.4 is 5.32 Å². The lowest BCUT2D eigenvalue weighted by molar-refractivity contribution is 0.0918. The third-order valence-electron chi connectivity index (χ3n) is 3.89. The first-order valence-electron chi connectivity index (χ1n) is 7.72. The van der Waals surface area contributed by atoms with Crippen molar-refractivity contribution < 1.29 is 14.1 Å². The summed E-state index contributed by atoms with van der Waals surface area (Å²) in [6.07, 6.45) is 0.723. The van der Waals surface area contributed by atoms with Crippen LogP contribution in [0.1, 0.15) is 27.6 Å². The Kier molecular flexibility index (Phi) is 4.21. The molecule has 1 amide bonds. The van der Waals surface area contributed by atoms with Crippen molar-refractivity contribution in [3.05, 3.63) is 52.1 Å². The summed E-state index contributed by atoms with van der Waals surface area (Å²) in [5.74, 6) is 0.338. The highest BCUT2D eigenvalue weighted by atomic mass is 35.5. The van der Waals surface area contributed by atoms with Crippen LogP contribution in [0, 0.1) is 0 Å². The predicted octanol–water partition coefficient (Wildman–Crippen LogP) is 2.12. The molecule has 25 heavy (non-hydrogen) atoms. The second-order valence-corrected chi connectivity index (χ2v) is 5.91. The number of aromatic nitrogens is 4. The molecule has 128 valence electrons. The molecule has 4 rings (SSSR count). The van der Waals surface area contributed by atoms with E-state index in [1.54, 1.807) is 12.1 Å². The van der Waals surface area contributed by atoms with Gasteiger partial charge in [0.05, 0.1) is 24.8 Å². The summed E-state index contributed by atoms with van der Waals surface area (Å²) in [5, 5.41) is 14.1. The van der Waals surface area contributed by atoms with Crippen LogP contribution in [-0.2, 0) is 24.3 Å². The summed E-state index contributed by atoms with van der Waals surface area (Å²) in [4.78, 5) is 16.6. The van der Waals surface area contributed by atoms with Crippen LogP contribution in [0.5, 0.6) is 0 Å². The molecule has 1 aliphatic rings. The number of rotatable bonds is 4.